The van der Waals surface area contributed by atoms with E-state index in [-0.39, 0.29) is 5.75 Å². The first-order valence-corrected chi connectivity index (χ1v) is 8.50. The third-order valence-electron chi connectivity index (χ3n) is 3.55. The molecule has 1 N–H and O–H groups in total. The Morgan fingerprint density at radius 1 is 1.16 bits per heavy atom. The predicted octanol–water partition coefficient (Wildman–Crippen LogP) is 4.20. The van der Waals surface area contributed by atoms with E-state index in [1.165, 1.54) is 11.8 Å². The molecule has 3 aromatic rings. The fraction of sp³-hybridized carbons (Fsp3) is 0.176. The van der Waals surface area contributed by atoms with Gasteiger partial charge in [-0.2, -0.15) is 0 Å². The summed E-state index contributed by atoms with van der Waals surface area (Å²) in [7, 11) is 0. The number of nitrogens with one attached hydrogen (secondary N) is 1. The first-order valence-electron chi connectivity index (χ1n) is 7.52. The molecule has 0 unspecified atom stereocenters. The number of halogens is 3. The Balaban J connectivity index is 1.72. The Morgan fingerprint density at radius 2 is 1.88 bits per heavy atom. The fourth-order valence-corrected chi connectivity index (χ4v) is 3.28. The molecule has 1 heterocycles. The lowest BCUT2D eigenvalue weighted by Crippen LogP contribution is -2.16. The average Bonchev–Trinajstić information content (AvgIpc) is 2.95. The molecule has 0 saturated heterocycles. The summed E-state index contributed by atoms with van der Waals surface area (Å²) >= 11 is 1.19. The number of fused-ring (bicyclic) bond motifs is 1. The van der Waals surface area contributed by atoms with E-state index in [4.69, 9.17) is 0 Å². The Kier molecular flexibility index (Phi) is 4.98. The number of nitrogens with zero attached hydrogens (tertiary/aromatic N) is 2. The number of hydrogen-bond donors (Lipinski definition) is 1. The van der Waals surface area contributed by atoms with Crippen molar-refractivity contribution in [2.75, 3.05) is 11.1 Å². The fourth-order valence-electron chi connectivity index (χ4n) is 2.40. The van der Waals surface area contributed by atoms with E-state index in [1.807, 2.05) is 35.8 Å². The standard InChI is InChI=1S/C17H14F3N3OS/c1-2-23-15-6-4-3-5-13(15)22-17(23)25-9-16(24)21-14-8-11(19)10(18)7-12(14)20/h3-8H,2,9H2,1H3,(H,21,24). The van der Waals surface area contributed by atoms with E-state index in [0.29, 0.717) is 23.8 Å². The zero-order valence-electron chi connectivity index (χ0n) is 13.2. The first kappa shape index (κ1) is 17.3. The van der Waals surface area contributed by atoms with E-state index in [0.717, 1.165) is 11.0 Å². The summed E-state index contributed by atoms with van der Waals surface area (Å²) in [6, 6.07) is 8.61. The van der Waals surface area contributed by atoms with Gasteiger partial charge >= 0.3 is 0 Å². The summed E-state index contributed by atoms with van der Waals surface area (Å²) < 4.78 is 41.6. The molecular weight excluding hydrogens is 351 g/mol. The van der Waals surface area contributed by atoms with Gasteiger partial charge in [0.15, 0.2) is 16.8 Å². The molecule has 0 aliphatic rings. The van der Waals surface area contributed by atoms with Crippen LogP contribution in [0.1, 0.15) is 6.92 Å². The van der Waals surface area contributed by atoms with Crippen LogP contribution < -0.4 is 5.32 Å². The van der Waals surface area contributed by atoms with Crippen LogP contribution in [0, 0.1) is 17.5 Å². The second kappa shape index (κ2) is 7.18. The summed E-state index contributed by atoms with van der Waals surface area (Å²) in [5.41, 5.74) is 1.38. The number of imidazole rings is 1. The number of aryl methyl sites for hydroxylation is 1. The van der Waals surface area contributed by atoms with E-state index >= 15 is 0 Å². The van der Waals surface area contributed by atoms with Crippen LogP contribution in [0.25, 0.3) is 11.0 Å². The van der Waals surface area contributed by atoms with Crippen molar-refractivity contribution in [3.8, 4) is 0 Å². The molecule has 0 aliphatic carbocycles. The van der Waals surface area contributed by atoms with Gasteiger partial charge in [0, 0.05) is 18.7 Å². The maximum atomic E-state index is 13.6. The molecule has 3 rings (SSSR count). The monoisotopic (exact) mass is 365 g/mol. The lowest BCUT2D eigenvalue weighted by Gasteiger charge is -2.08. The predicted molar refractivity (Wildman–Crippen MR) is 91.1 cm³/mol. The zero-order chi connectivity index (χ0) is 18.0. The van der Waals surface area contributed by atoms with Gasteiger partial charge in [0.2, 0.25) is 5.91 Å². The Morgan fingerprint density at radius 3 is 2.64 bits per heavy atom. The van der Waals surface area contributed by atoms with Crippen LogP contribution >= 0.6 is 11.8 Å². The summed E-state index contributed by atoms with van der Waals surface area (Å²) in [5, 5.41) is 2.90. The van der Waals surface area contributed by atoms with Gasteiger partial charge in [-0.25, -0.2) is 18.2 Å². The largest absolute Gasteiger partial charge is 0.323 e. The van der Waals surface area contributed by atoms with Gasteiger partial charge in [0.25, 0.3) is 0 Å². The second-order valence-electron chi connectivity index (χ2n) is 5.21. The molecule has 0 bridgehead atoms. The third-order valence-corrected chi connectivity index (χ3v) is 4.53. The molecule has 2 aromatic carbocycles. The van der Waals surface area contributed by atoms with E-state index < -0.39 is 29.0 Å². The van der Waals surface area contributed by atoms with Gasteiger partial charge in [0.1, 0.15) is 5.82 Å². The number of rotatable bonds is 5. The Bertz CT molecular complexity index is 942. The average molecular weight is 365 g/mol. The number of amides is 1. The number of benzene rings is 2. The SMILES string of the molecule is CCn1c(SCC(=O)Nc2cc(F)c(F)cc2F)nc2ccccc21. The summed E-state index contributed by atoms with van der Waals surface area (Å²) in [4.78, 5) is 16.5. The molecular formula is C17H14F3N3OS. The lowest BCUT2D eigenvalue weighted by atomic mass is 10.3. The van der Waals surface area contributed by atoms with Crippen molar-refractivity contribution >= 4 is 34.4 Å². The number of hydrogen-bond acceptors (Lipinski definition) is 3. The van der Waals surface area contributed by atoms with Gasteiger partial charge in [-0.15, -0.1) is 0 Å². The third kappa shape index (κ3) is 3.63. The number of aromatic nitrogens is 2. The number of thioether (sulfide) groups is 1. The van der Waals surface area contributed by atoms with Crippen molar-refractivity contribution in [2.24, 2.45) is 0 Å². The minimum absolute atomic E-state index is 0.0399. The highest BCUT2D eigenvalue weighted by Gasteiger charge is 2.15. The van der Waals surface area contributed by atoms with Crippen LogP contribution in [0.2, 0.25) is 0 Å². The van der Waals surface area contributed by atoms with Gasteiger partial charge < -0.3 is 9.88 Å². The van der Waals surface area contributed by atoms with Gasteiger partial charge in [0.05, 0.1) is 22.5 Å². The van der Waals surface area contributed by atoms with Crippen molar-refractivity contribution in [3.63, 3.8) is 0 Å². The molecule has 1 amide bonds. The molecule has 0 spiro atoms. The quantitative estimate of drug-likeness (QED) is 0.544. The highest BCUT2D eigenvalue weighted by molar-refractivity contribution is 7.99. The number of para-hydroxylation sites is 2. The molecule has 0 saturated carbocycles. The van der Waals surface area contributed by atoms with Crippen LogP contribution in [0.4, 0.5) is 18.9 Å². The van der Waals surface area contributed by atoms with Crippen molar-refractivity contribution in [1.29, 1.82) is 0 Å². The van der Waals surface area contributed by atoms with Gasteiger partial charge in [-0.1, -0.05) is 23.9 Å². The molecule has 8 heteroatoms. The normalized spacial score (nSPS) is 11.0. The first-order chi connectivity index (χ1) is 12.0. The van der Waals surface area contributed by atoms with E-state index in [1.54, 1.807) is 0 Å². The molecule has 25 heavy (non-hydrogen) atoms. The Labute approximate surface area is 146 Å². The smallest absolute Gasteiger partial charge is 0.234 e. The van der Waals surface area contributed by atoms with Crippen molar-refractivity contribution < 1.29 is 18.0 Å². The summed E-state index contributed by atoms with van der Waals surface area (Å²) in [6.45, 7) is 2.65. The van der Waals surface area contributed by atoms with Crippen LogP contribution in [0.15, 0.2) is 41.6 Å². The van der Waals surface area contributed by atoms with Crippen molar-refractivity contribution in [1.82, 2.24) is 9.55 Å². The molecule has 0 fully saturated rings. The number of carbonyl (C=O) groups excluding carboxylic acids is 1. The molecule has 1 aromatic heterocycles. The van der Waals surface area contributed by atoms with Gasteiger partial charge in [-0.3, -0.25) is 4.79 Å². The maximum absolute atomic E-state index is 13.6. The summed E-state index contributed by atoms with van der Waals surface area (Å²) in [5.74, 6) is -4.14. The van der Waals surface area contributed by atoms with Crippen LogP contribution in [0.5, 0.6) is 0 Å². The van der Waals surface area contributed by atoms with E-state index in [2.05, 4.69) is 10.3 Å². The molecule has 0 aliphatic heterocycles. The highest BCUT2D eigenvalue weighted by atomic mass is 32.2. The van der Waals surface area contributed by atoms with Crippen molar-refractivity contribution in [3.05, 3.63) is 53.8 Å². The Hall–Kier alpha value is -2.48. The van der Waals surface area contributed by atoms with Gasteiger partial charge in [-0.05, 0) is 19.1 Å². The molecule has 0 atom stereocenters. The molecule has 4 nitrogen and oxygen atoms in total. The minimum atomic E-state index is -1.30. The minimum Gasteiger partial charge on any atom is -0.323 e. The second-order valence-corrected chi connectivity index (χ2v) is 6.15. The van der Waals surface area contributed by atoms with Crippen molar-refractivity contribution in [2.45, 2.75) is 18.6 Å². The van der Waals surface area contributed by atoms with Crippen LogP contribution in [-0.2, 0) is 11.3 Å². The topological polar surface area (TPSA) is 46.9 Å². The molecule has 130 valence electrons. The van der Waals surface area contributed by atoms with Crippen LogP contribution in [-0.4, -0.2) is 21.2 Å². The zero-order valence-corrected chi connectivity index (χ0v) is 14.0. The maximum Gasteiger partial charge on any atom is 0.234 e. The van der Waals surface area contributed by atoms with E-state index in [9.17, 15) is 18.0 Å². The highest BCUT2D eigenvalue weighted by Crippen LogP contribution is 2.24. The lowest BCUT2D eigenvalue weighted by molar-refractivity contribution is -0.113. The summed E-state index contributed by atoms with van der Waals surface area (Å²) in [6.07, 6.45) is 0. The molecule has 0 radical (unpaired) electrons. The number of carbonyl (C=O) groups is 1. The number of anilines is 1. The van der Waals surface area contributed by atoms with Crippen LogP contribution in [0.3, 0.4) is 0 Å².